The summed E-state index contributed by atoms with van der Waals surface area (Å²) in [4.78, 5) is 33.1. The van der Waals surface area contributed by atoms with Gasteiger partial charge in [0.1, 0.15) is 11.5 Å². The summed E-state index contributed by atoms with van der Waals surface area (Å²) in [7, 11) is 0. The number of nitrogens with zero attached hydrogens (tertiary/aromatic N) is 2. The number of thiazole rings is 1. The van der Waals surface area contributed by atoms with E-state index >= 15 is 0 Å². The largest absolute Gasteiger partial charge is 0.507 e. The third-order valence-corrected chi connectivity index (χ3v) is 7.98. The highest BCUT2D eigenvalue weighted by atomic mass is 127. The van der Waals surface area contributed by atoms with Gasteiger partial charge in [-0.3, -0.25) is 14.5 Å². The Morgan fingerprint density at radius 2 is 1.78 bits per heavy atom. The van der Waals surface area contributed by atoms with Crippen LogP contribution < -0.4 is 9.64 Å². The number of hydrogen-bond acceptors (Lipinski definition) is 6. The number of aliphatic hydroxyl groups excluding tert-OH is 1. The Balaban J connectivity index is 1.66. The van der Waals surface area contributed by atoms with E-state index in [0.717, 1.165) is 36.9 Å². The smallest absolute Gasteiger partial charge is 0.301 e. The predicted octanol–water partition coefficient (Wildman–Crippen LogP) is 6.93. The van der Waals surface area contributed by atoms with E-state index in [1.165, 1.54) is 16.2 Å². The summed E-state index contributed by atoms with van der Waals surface area (Å²) < 4.78 is 7.61. The van der Waals surface area contributed by atoms with E-state index in [1.807, 2.05) is 57.2 Å². The van der Waals surface area contributed by atoms with Crippen LogP contribution >= 0.6 is 33.9 Å². The number of carbonyl (C=O) groups excluding carboxylic acids is 2. The van der Waals surface area contributed by atoms with Gasteiger partial charge >= 0.3 is 5.91 Å². The van der Waals surface area contributed by atoms with Crippen LogP contribution in [0.3, 0.4) is 0 Å². The van der Waals surface area contributed by atoms with Gasteiger partial charge in [-0.15, -0.1) is 0 Å². The number of ether oxygens (including phenoxy) is 1. The number of halogens is 1. The first kappa shape index (κ1) is 25.4. The first-order valence-electron chi connectivity index (χ1n) is 12.0. The number of ketones is 1. The molecular formula is C29H25IN2O4S. The van der Waals surface area contributed by atoms with E-state index in [-0.39, 0.29) is 11.3 Å². The maximum Gasteiger partial charge on any atom is 0.301 e. The van der Waals surface area contributed by atoms with Crippen molar-refractivity contribution in [1.82, 2.24) is 4.98 Å². The maximum absolute atomic E-state index is 13.5. The monoisotopic (exact) mass is 624 g/mol. The second-order valence-corrected chi connectivity index (χ2v) is 11.3. The molecule has 0 bridgehead atoms. The van der Waals surface area contributed by atoms with Crippen LogP contribution in [-0.4, -0.2) is 28.4 Å². The molecule has 1 aromatic heterocycles. The Labute approximate surface area is 232 Å². The number of aromatic nitrogens is 1. The number of aliphatic hydroxyl groups is 1. The molecule has 6 nitrogen and oxygen atoms in total. The zero-order valence-corrected chi connectivity index (χ0v) is 23.6. The summed E-state index contributed by atoms with van der Waals surface area (Å²) in [5, 5.41) is 11.8. The molecule has 1 amide bonds. The van der Waals surface area contributed by atoms with Gasteiger partial charge in [0.2, 0.25) is 0 Å². The van der Waals surface area contributed by atoms with Crippen molar-refractivity contribution < 1.29 is 19.4 Å². The molecule has 0 aliphatic carbocycles. The van der Waals surface area contributed by atoms with Crippen molar-refractivity contribution in [2.75, 3.05) is 11.5 Å². The van der Waals surface area contributed by atoms with Gasteiger partial charge in [0.15, 0.2) is 5.13 Å². The minimum atomic E-state index is -0.810. The number of hydrogen-bond donors (Lipinski definition) is 1. The second kappa shape index (κ2) is 10.3. The van der Waals surface area contributed by atoms with Gasteiger partial charge in [0.05, 0.1) is 28.4 Å². The number of amides is 1. The van der Waals surface area contributed by atoms with E-state index in [0.29, 0.717) is 23.1 Å². The van der Waals surface area contributed by atoms with E-state index in [9.17, 15) is 14.7 Å². The van der Waals surface area contributed by atoms with Crippen molar-refractivity contribution in [3.05, 3.63) is 92.1 Å². The molecule has 5 rings (SSSR count). The predicted molar refractivity (Wildman–Crippen MR) is 155 cm³/mol. The summed E-state index contributed by atoms with van der Waals surface area (Å²) in [6.07, 6.45) is 0.881. The number of carbonyl (C=O) groups is 2. The van der Waals surface area contributed by atoms with E-state index in [4.69, 9.17) is 9.72 Å². The van der Waals surface area contributed by atoms with Gasteiger partial charge in [-0.05, 0) is 102 Å². The molecule has 1 aliphatic heterocycles. The number of Topliss-reactive ketones (excluding diaryl/α,β-unsaturated/α-hetero) is 1. The lowest BCUT2D eigenvalue weighted by atomic mass is 9.95. The topological polar surface area (TPSA) is 79.7 Å². The standard InChI is InChI=1S/C29H25IN2O4S/c1-4-13-36-21-11-7-19(8-12-21)26(33)23-25(18-5-9-20(30)10-6-18)32(28(35)27(23)34)29-31-24-17(3)14-16(2)15-22(24)37-29/h5-12,14-15,25,33H,4,13H2,1-3H3/b26-23+. The summed E-state index contributed by atoms with van der Waals surface area (Å²) >= 11 is 3.58. The highest BCUT2D eigenvalue weighted by molar-refractivity contribution is 14.1. The molecule has 2 heterocycles. The molecule has 1 fully saturated rings. The van der Waals surface area contributed by atoms with Crippen LogP contribution in [0.25, 0.3) is 16.0 Å². The maximum atomic E-state index is 13.5. The quantitative estimate of drug-likeness (QED) is 0.109. The van der Waals surface area contributed by atoms with Crippen molar-refractivity contribution >= 4 is 66.7 Å². The molecule has 4 aromatic rings. The number of aryl methyl sites for hydroxylation is 2. The summed E-state index contributed by atoms with van der Waals surface area (Å²) in [6.45, 7) is 6.61. The fourth-order valence-electron chi connectivity index (χ4n) is 4.54. The Bertz CT molecular complexity index is 1540. The molecule has 8 heteroatoms. The molecular weight excluding hydrogens is 599 g/mol. The van der Waals surface area contributed by atoms with E-state index in [2.05, 4.69) is 22.6 Å². The molecule has 0 spiro atoms. The fraction of sp³-hybridized carbons (Fsp3) is 0.207. The summed E-state index contributed by atoms with van der Waals surface area (Å²) in [6, 6.07) is 17.8. The number of rotatable bonds is 6. The molecule has 1 saturated heterocycles. The molecule has 0 radical (unpaired) electrons. The molecule has 1 aliphatic rings. The van der Waals surface area contributed by atoms with Gasteiger partial charge in [-0.2, -0.15) is 0 Å². The summed E-state index contributed by atoms with van der Waals surface area (Å²) in [5.41, 5.74) is 4.11. The Kier molecular flexibility index (Phi) is 7.04. The normalized spacial score (nSPS) is 17.1. The highest BCUT2D eigenvalue weighted by Gasteiger charge is 2.48. The first-order chi connectivity index (χ1) is 17.8. The van der Waals surface area contributed by atoms with Crippen molar-refractivity contribution in [3.63, 3.8) is 0 Å². The van der Waals surface area contributed by atoms with Crippen molar-refractivity contribution in [2.45, 2.75) is 33.2 Å². The molecule has 0 saturated carbocycles. The molecule has 37 heavy (non-hydrogen) atoms. The van der Waals surface area contributed by atoms with Gasteiger partial charge in [0.25, 0.3) is 5.78 Å². The Morgan fingerprint density at radius 1 is 1.08 bits per heavy atom. The highest BCUT2D eigenvalue weighted by Crippen LogP contribution is 2.44. The van der Waals surface area contributed by atoms with Crippen LogP contribution in [0.4, 0.5) is 5.13 Å². The zero-order chi connectivity index (χ0) is 26.3. The van der Waals surface area contributed by atoms with Gasteiger partial charge in [0, 0.05) is 9.13 Å². The lowest BCUT2D eigenvalue weighted by Crippen LogP contribution is -2.29. The van der Waals surface area contributed by atoms with Crippen LogP contribution in [0.1, 0.15) is 41.6 Å². The van der Waals surface area contributed by atoms with E-state index < -0.39 is 17.7 Å². The number of fused-ring (bicyclic) bond motifs is 1. The number of benzene rings is 3. The van der Waals surface area contributed by atoms with Gasteiger partial charge < -0.3 is 9.84 Å². The minimum Gasteiger partial charge on any atom is -0.507 e. The lowest BCUT2D eigenvalue weighted by Gasteiger charge is -2.23. The average molecular weight is 625 g/mol. The van der Waals surface area contributed by atoms with Crippen molar-refractivity contribution in [1.29, 1.82) is 0 Å². The average Bonchev–Trinajstić information content (AvgIpc) is 3.42. The SMILES string of the molecule is CCCOc1ccc(/C(O)=C2\C(=O)C(=O)N(c3nc4c(C)cc(C)cc4s3)C2c2ccc(I)cc2)cc1. The van der Waals surface area contributed by atoms with Crippen molar-refractivity contribution in [3.8, 4) is 5.75 Å². The second-order valence-electron chi connectivity index (χ2n) is 9.02. The summed E-state index contributed by atoms with van der Waals surface area (Å²) in [5.74, 6) is -0.992. The van der Waals surface area contributed by atoms with Gasteiger partial charge in [-0.25, -0.2) is 4.98 Å². The Hall–Kier alpha value is -3.24. The van der Waals surface area contributed by atoms with Crippen molar-refractivity contribution in [2.24, 2.45) is 0 Å². The van der Waals surface area contributed by atoms with Crippen LogP contribution in [-0.2, 0) is 9.59 Å². The Morgan fingerprint density at radius 3 is 2.46 bits per heavy atom. The van der Waals surface area contributed by atoms with Crippen LogP contribution in [0.2, 0.25) is 0 Å². The molecule has 188 valence electrons. The van der Waals surface area contributed by atoms with Crippen LogP contribution in [0.15, 0.2) is 66.2 Å². The molecule has 1 unspecified atom stereocenters. The number of anilines is 1. The van der Waals surface area contributed by atoms with E-state index in [1.54, 1.807) is 24.3 Å². The molecule has 1 N–H and O–H groups in total. The third-order valence-electron chi connectivity index (χ3n) is 6.26. The van der Waals surface area contributed by atoms with Crippen LogP contribution in [0, 0.1) is 17.4 Å². The zero-order valence-electron chi connectivity index (χ0n) is 20.6. The lowest BCUT2D eigenvalue weighted by molar-refractivity contribution is -0.132. The fourth-order valence-corrected chi connectivity index (χ4v) is 6.06. The molecule has 1 atom stereocenters. The minimum absolute atomic E-state index is 0.0422. The first-order valence-corrected chi connectivity index (χ1v) is 13.9. The third kappa shape index (κ3) is 4.75. The van der Waals surface area contributed by atoms with Crippen LogP contribution in [0.5, 0.6) is 5.75 Å². The van der Waals surface area contributed by atoms with Gasteiger partial charge in [-0.1, -0.05) is 36.5 Å². The molecule has 3 aromatic carbocycles.